The fourth-order valence-corrected chi connectivity index (χ4v) is 3.35. The van der Waals surface area contributed by atoms with Gasteiger partial charge < -0.3 is 10.2 Å². The summed E-state index contributed by atoms with van der Waals surface area (Å²) in [6.45, 7) is 6.12. The number of anilines is 2. The fourth-order valence-electron chi connectivity index (χ4n) is 3.16. The highest BCUT2D eigenvalue weighted by Crippen LogP contribution is 2.16. The van der Waals surface area contributed by atoms with Gasteiger partial charge in [-0.05, 0) is 67.9 Å². The molecule has 0 saturated heterocycles. The number of hydrogen-bond donors (Lipinski definition) is 2. The van der Waals surface area contributed by atoms with Gasteiger partial charge in [0.25, 0.3) is 11.8 Å². The zero-order valence-electron chi connectivity index (χ0n) is 18.0. The maximum atomic E-state index is 12.4. The predicted molar refractivity (Wildman–Crippen MR) is 131 cm³/mol. The standard InChI is InChI=1S/C25H25ClN4O2/c1-3-30(4-2)23-13-11-18(12-14-23)17-27-29-25(32)20-8-6-10-22(16-20)28-24(31)19-7-5-9-21(26)15-19/h5-17H,3-4H2,1-2H3,(H,28,31)(H,29,32). The summed E-state index contributed by atoms with van der Waals surface area (Å²) in [7, 11) is 0. The number of nitrogens with zero attached hydrogens (tertiary/aromatic N) is 2. The molecule has 3 rings (SSSR count). The molecule has 164 valence electrons. The third-order valence-electron chi connectivity index (χ3n) is 4.87. The molecule has 32 heavy (non-hydrogen) atoms. The van der Waals surface area contributed by atoms with Gasteiger partial charge in [0.1, 0.15) is 0 Å². The van der Waals surface area contributed by atoms with E-state index in [1.165, 1.54) is 0 Å². The van der Waals surface area contributed by atoms with Gasteiger partial charge in [-0.2, -0.15) is 5.10 Å². The molecule has 0 aliphatic carbocycles. The van der Waals surface area contributed by atoms with Crippen molar-refractivity contribution in [3.05, 3.63) is 94.5 Å². The summed E-state index contributed by atoms with van der Waals surface area (Å²) >= 11 is 5.94. The van der Waals surface area contributed by atoms with Gasteiger partial charge in [0, 0.05) is 40.6 Å². The van der Waals surface area contributed by atoms with Crippen molar-refractivity contribution >= 4 is 41.0 Å². The van der Waals surface area contributed by atoms with E-state index in [1.807, 2.05) is 24.3 Å². The second kappa shape index (κ2) is 11.1. The molecule has 3 aromatic carbocycles. The van der Waals surface area contributed by atoms with E-state index in [1.54, 1.807) is 54.7 Å². The molecule has 6 nitrogen and oxygen atoms in total. The molecule has 0 aromatic heterocycles. The minimum Gasteiger partial charge on any atom is -0.372 e. The van der Waals surface area contributed by atoms with Crippen LogP contribution in [-0.4, -0.2) is 31.1 Å². The van der Waals surface area contributed by atoms with E-state index < -0.39 is 0 Å². The van der Waals surface area contributed by atoms with Crippen LogP contribution in [0.25, 0.3) is 0 Å². The molecule has 0 saturated carbocycles. The highest BCUT2D eigenvalue weighted by molar-refractivity contribution is 6.31. The Kier molecular flexibility index (Phi) is 8.00. The zero-order chi connectivity index (χ0) is 22.9. The monoisotopic (exact) mass is 448 g/mol. The number of benzene rings is 3. The van der Waals surface area contributed by atoms with Gasteiger partial charge in [0.2, 0.25) is 0 Å². The number of nitrogens with one attached hydrogen (secondary N) is 2. The number of carbonyl (C=O) groups excluding carboxylic acids is 2. The molecule has 0 radical (unpaired) electrons. The molecule has 2 N–H and O–H groups in total. The lowest BCUT2D eigenvalue weighted by Crippen LogP contribution is -2.21. The Morgan fingerprint density at radius 3 is 2.22 bits per heavy atom. The van der Waals surface area contributed by atoms with Crippen molar-refractivity contribution in [1.29, 1.82) is 0 Å². The van der Waals surface area contributed by atoms with Crippen LogP contribution in [0.4, 0.5) is 11.4 Å². The maximum absolute atomic E-state index is 12.4. The Balaban J connectivity index is 1.60. The number of carbonyl (C=O) groups is 2. The highest BCUT2D eigenvalue weighted by atomic mass is 35.5. The van der Waals surface area contributed by atoms with E-state index in [4.69, 9.17) is 11.6 Å². The molecule has 0 aliphatic heterocycles. The third kappa shape index (κ3) is 6.18. The van der Waals surface area contributed by atoms with Crippen molar-refractivity contribution in [1.82, 2.24) is 5.43 Å². The molecular weight excluding hydrogens is 424 g/mol. The lowest BCUT2D eigenvalue weighted by molar-refractivity contribution is 0.0953. The van der Waals surface area contributed by atoms with Crippen molar-refractivity contribution in [2.45, 2.75) is 13.8 Å². The molecule has 0 atom stereocenters. The first-order chi connectivity index (χ1) is 15.5. The van der Waals surface area contributed by atoms with Gasteiger partial charge in [0.05, 0.1) is 6.21 Å². The lowest BCUT2D eigenvalue weighted by Gasteiger charge is -2.20. The van der Waals surface area contributed by atoms with Crippen LogP contribution in [-0.2, 0) is 0 Å². The molecule has 2 amide bonds. The number of hydrogen-bond acceptors (Lipinski definition) is 4. The number of hydrazone groups is 1. The Hall–Kier alpha value is -3.64. The van der Waals surface area contributed by atoms with Crippen LogP contribution >= 0.6 is 11.6 Å². The molecular formula is C25H25ClN4O2. The first-order valence-electron chi connectivity index (χ1n) is 10.4. The Morgan fingerprint density at radius 2 is 1.56 bits per heavy atom. The minimum atomic E-state index is -0.375. The largest absolute Gasteiger partial charge is 0.372 e. The Morgan fingerprint density at radius 1 is 0.906 bits per heavy atom. The molecule has 0 aliphatic rings. The lowest BCUT2D eigenvalue weighted by atomic mass is 10.1. The molecule has 0 fully saturated rings. The third-order valence-corrected chi connectivity index (χ3v) is 5.11. The van der Waals surface area contributed by atoms with E-state index in [0.29, 0.717) is 21.8 Å². The van der Waals surface area contributed by atoms with Crippen molar-refractivity contribution in [2.24, 2.45) is 5.10 Å². The van der Waals surface area contributed by atoms with Crippen LogP contribution < -0.4 is 15.6 Å². The van der Waals surface area contributed by atoms with Crippen molar-refractivity contribution in [3.63, 3.8) is 0 Å². The van der Waals surface area contributed by atoms with Crippen LogP contribution in [0.2, 0.25) is 5.02 Å². The van der Waals surface area contributed by atoms with Gasteiger partial charge in [-0.25, -0.2) is 5.43 Å². The first kappa shape index (κ1) is 23.0. The summed E-state index contributed by atoms with van der Waals surface area (Å²) < 4.78 is 0. The number of amides is 2. The molecule has 0 bridgehead atoms. The summed E-state index contributed by atoms with van der Waals surface area (Å²) in [6, 6.07) is 21.3. The van der Waals surface area contributed by atoms with Gasteiger partial charge in [-0.1, -0.05) is 35.9 Å². The maximum Gasteiger partial charge on any atom is 0.271 e. The smallest absolute Gasteiger partial charge is 0.271 e. The van der Waals surface area contributed by atoms with Crippen LogP contribution in [0.15, 0.2) is 77.9 Å². The minimum absolute atomic E-state index is 0.309. The van der Waals surface area contributed by atoms with E-state index in [2.05, 4.69) is 34.6 Å². The van der Waals surface area contributed by atoms with Crippen LogP contribution in [0.1, 0.15) is 40.1 Å². The average Bonchev–Trinajstić information content (AvgIpc) is 2.81. The van der Waals surface area contributed by atoms with Crippen LogP contribution in [0.3, 0.4) is 0 Å². The normalized spacial score (nSPS) is 10.7. The Bertz CT molecular complexity index is 1110. The highest BCUT2D eigenvalue weighted by Gasteiger charge is 2.09. The van der Waals surface area contributed by atoms with Crippen molar-refractivity contribution in [3.8, 4) is 0 Å². The quantitative estimate of drug-likeness (QED) is 0.367. The Labute approximate surface area is 192 Å². The van der Waals surface area contributed by atoms with E-state index >= 15 is 0 Å². The van der Waals surface area contributed by atoms with Gasteiger partial charge >= 0.3 is 0 Å². The second-order valence-corrected chi connectivity index (χ2v) is 7.44. The van der Waals surface area contributed by atoms with Crippen molar-refractivity contribution in [2.75, 3.05) is 23.3 Å². The summed E-state index contributed by atoms with van der Waals surface area (Å²) in [5.74, 6) is -0.684. The fraction of sp³-hybridized carbons (Fsp3) is 0.160. The molecule has 0 heterocycles. The first-order valence-corrected chi connectivity index (χ1v) is 10.7. The van der Waals surface area contributed by atoms with Crippen molar-refractivity contribution < 1.29 is 9.59 Å². The molecule has 3 aromatic rings. The number of rotatable bonds is 8. The topological polar surface area (TPSA) is 73.8 Å². The summed E-state index contributed by atoms with van der Waals surface area (Å²) in [5, 5.41) is 7.29. The zero-order valence-corrected chi connectivity index (χ0v) is 18.8. The molecule has 7 heteroatoms. The van der Waals surface area contributed by atoms with Gasteiger partial charge in [-0.3, -0.25) is 9.59 Å². The van der Waals surface area contributed by atoms with E-state index in [0.717, 1.165) is 24.3 Å². The summed E-state index contributed by atoms with van der Waals surface area (Å²) in [5.41, 5.74) is 5.85. The van der Waals surface area contributed by atoms with Crippen LogP contribution in [0.5, 0.6) is 0 Å². The molecule has 0 unspecified atom stereocenters. The molecule has 0 spiro atoms. The SMILES string of the molecule is CCN(CC)c1ccc(C=NNC(=O)c2cccc(NC(=O)c3cccc(Cl)c3)c2)cc1. The van der Waals surface area contributed by atoms with E-state index in [-0.39, 0.29) is 11.8 Å². The summed E-state index contributed by atoms with van der Waals surface area (Å²) in [4.78, 5) is 27.1. The van der Waals surface area contributed by atoms with Crippen LogP contribution in [0, 0.1) is 0 Å². The van der Waals surface area contributed by atoms with Gasteiger partial charge in [0.15, 0.2) is 0 Å². The predicted octanol–water partition coefficient (Wildman–Crippen LogP) is 5.20. The average molecular weight is 449 g/mol. The second-order valence-electron chi connectivity index (χ2n) is 7.01. The number of halogens is 1. The van der Waals surface area contributed by atoms with E-state index in [9.17, 15) is 9.59 Å². The van der Waals surface area contributed by atoms with Gasteiger partial charge in [-0.15, -0.1) is 0 Å². The summed E-state index contributed by atoms with van der Waals surface area (Å²) in [6.07, 6.45) is 1.59.